The molecule has 1 aromatic carbocycles. The normalized spacial score (nSPS) is 13.9. The smallest absolute Gasteiger partial charge is 0.461 e. The maximum Gasteiger partial charge on any atom is 0.573 e. The Morgan fingerprint density at radius 2 is 2.04 bits per heavy atom. The van der Waals surface area contributed by atoms with E-state index in [-0.39, 0.29) is 18.1 Å². The molecule has 1 aliphatic rings. The quantitative estimate of drug-likeness (QED) is 0.757. The number of halogens is 3. The van der Waals surface area contributed by atoms with Gasteiger partial charge in [-0.3, -0.25) is 0 Å². The molecule has 3 rings (SSSR count). The number of aromatic nitrogens is 2. The molecule has 0 amide bonds. The second-order valence-electron chi connectivity index (χ2n) is 6.04. The third-order valence-corrected chi connectivity index (χ3v) is 4.25. The number of alkyl halides is 3. The summed E-state index contributed by atoms with van der Waals surface area (Å²) in [5.41, 5.74) is 2.43. The number of esters is 1. The number of nitrogens with zero attached hydrogens (tertiary/aromatic N) is 3. The van der Waals surface area contributed by atoms with E-state index in [0.717, 1.165) is 11.1 Å². The Labute approximate surface area is 153 Å². The molecular weight excluding hydrogens is 363 g/mol. The molecule has 0 atom stereocenters. The summed E-state index contributed by atoms with van der Waals surface area (Å²) in [6, 6.07) is 4.35. The van der Waals surface area contributed by atoms with E-state index in [2.05, 4.69) is 14.7 Å². The summed E-state index contributed by atoms with van der Waals surface area (Å²) in [5.74, 6) is -0.229. The molecule has 2 aromatic rings. The standard InChI is InChI=1S/C18H18F3N3O3/c1-3-26-17(25)15-11(2)16(23-10-22-15)24-7-6-12-4-5-14(8-13(12)9-24)27-18(19,20)21/h4-5,8,10H,3,6-7,9H2,1-2H3. The third kappa shape index (κ3) is 4.29. The average Bonchev–Trinajstić information content (AvgIpc) is 2.60. The van der Waals surface area contributed by atoms with Gasteiger partial charge in [0, 0.05) is 18.7 Å². The highest BCUT2D eigenvalue weighted by molar-refractivity contribution is 5.90. The summed E-state index contributed by atoms with van der Waals surface area (Å²) in [4.78, 5) is 22.2. The molecule has 0 spiro atoms. The van der Waals surface area contributed by atoms with Crippen molar-refractivity contribution in [2.24, 2.45) is 0 Å². The summed E-state index contributed by atoms with van der Waals surface area (Å²) in [6.07, 6.45) is -2.81. The lowest BCUT2D eigenvalue weighted by molar-refractivity contribution is -0.274. The lowest BCUT2D eigenvalue weighted by Crippen LogP contribution is -2.32. The molecule has 0 unspecified atom stereocenters. The van der Waals surface area contributed by atoms with E-state index in [0.29, 0.717) is 30.9 Å². The molecule has 0 fully saturated rings. The molecule has 0 saturated carbocycles. The number of ether oxygens (including phenoxy) is 2. The van der Waals surface area contributed by atoms with E-state index in [1.54, 1.807) is 19.9 Å². The number of fused-ring (bicyclic) bond motifs is 1. The molecule has 1 aliphatic heterocycles. The largest absolute Gasteiger partial charge is 0.573 e. The molecular formula is C18H18F3N3O3. The van der Waals surface area contributed by atoms with E-state index in [1.807, 2.05) is 4.90 Å². The van der Waals surface area contributed by atoms with E-state index in [1.165, 1.54) is 18.5 Å². The summed E-state index contributed by atoms with van der Waals surface area (Å²) in [5, 5.41) is 0. The number of anilines is 1. The van der Waals surface area contributed by atoms with Crippen molar-refractivity contribution in [3.05, 3.63) is 46.9 Å². The van der Waals surface area contributed by atoms with Gasteiger partial charge in [0.25, 0.3) is 0 Å². The summed E-state index contributed by atoms with van der Waals surface area (Å²) >= 11 is 0. The summed E-state index contributed by atoms with van der Waals surface area (Å²) < 4.78 is 46.4. The van der Waals surface area contributed by atoms with Crippen LogP contribution in [-0.2, 0) is 17.7 Å². The van der Waals surface area contributed by atoms with E-state index in [4.69, 9.17) is 4.74 Å². The van der Waals surface area contributed by atoms with Gasteiger partial charge < -0.3 is 14.4 Å². The van der Waals surface area contributed by atoms with Gasteiger partial charge in [0.2, 0.25) is 0 Å². The van der Waals surface area contributed by atoms with Crippen LogP contribution in [0.5, 0.6) is 5.75 Å². The number of carbonyl (C=O) groups excluding carboxylic acids is 1. The van der Waals surface area contributed by atoms with Gasteiger partial charge in [0.1, 0.15) is 17.9 Å². The summed E-state index contributed by atoms with van der Waals surface area (Å²) in [6.45, 7) is 4.63. The van der Waals surface area contributed by atoms with Crippen LogP contribution in [0.1, 0.15) is 34.1 Å². The van der Waals surface area contributed by atoms with Crippen molar-refractivity contribution in [1.29, 1.82) is 0 Å². The first-order valence-corrected chi connectivity index (χ1v) is 8.39. The monoisotopic (exact) mass is 381 g/mol. The molecule has 27 heavy (non-hydrogen) atoms. The van der Waals surface area contributed by atoms with Crippen LogP contribution in [0.4, 0.5) is 19.0 Å². The van der Waals surface area contributed by atoms with Crippen molar-refractivity contribution in [3.63, 3.8) is 0 Å². The molecule has 0 N–H and O–H groups in total. The zero-order chi connectivity index (χ0) is 19.6. The Morgan fingerprint density at radius 1 is 1.26 bits per heavy atom. The first-order valence-electron chi connectivity index (χ1n) is 8.39. The Kier molecular flexibility index (Phi) is 5.20. The fourth-order valence-electron chi connectivity index (χ4n) is 3.08. The molecule has 1 aromatic heterocycles. The molecule has 9 heteroatoms. The molecule has 0 saturated heterocycles. The van der Waals surface area contributed by atoms with Crippen LogP contribution in [0.25, 0.3) is 0 Å². The zero-order valence-electron chi connectivity index (χ0n) is 14.8. The number of hydrogen-bond acceptors (Lipinski definition) is 6. The minimum atomic E-state index is -4.74. The number of carbonyl (C=O) groups is 1. The molecule has 2 heterocycles. The highest BCUT2D eigenvalue weighted by Crippen LogP contribution is 2.30. The topological polar surface area (TPSA) is 64.5 Å². The fraction of sp³-hybridized carbons (Fsp3) is 0.389. The van der Waals surface area contributed by atoms with Gasteiger partial charge in [-0.1, -0.05) is 6.07 Å². The predicted octanol–water partition coefficient (Wildman–Crippen LogP) is 3.42. The van der Waals surface area contributed by atoms with Crippen LogP contribution in [0, 0.1) is 6.92 Å². The lowest BCUT2D eigenvalue weighted by atomic mass is 9.99. The number of hydrogen-bond donors (Lipinski definition) is 0. The highest BCUT2D eigenvalue weighted by Gasteiger charge is 2.31. The van der Waals surface area contributed by atoms with Crippen LogP contribution in [0.3, 0.4) is 0 Å². The predicted molar refractivity (Wildman–Crippen MR) is 90.6 cm³/mol. The fourth-order valence-corrected chi connectivity index (χ4v) is 3.08. The van der Waals surface area contributed by atoms with Crippen molar-refractivity contribution in [2.75, 3.05) is 18.1 Å². The number of rotatable bonds is 4. The van der Waals surface area contributed by atoms with Crippen molar-refractivity contribution in [3.8, 4) is 5.75 Å². The Morgan fingerprint density at radius 3 is 2.74 bits per heavy atom. The van der Waals surface area contributed by atoms with Crippen LogP contribution < -0.4 is 9.64 Å². The lowest BCUT2D eigenvalue weighted by Gasteiger charge is -2.31. The van der Waals surface area contributed by atoms with Gasteiger partial charge >= 0.3 is 12.3 Å². The maximum absolute atomic E-state index is 12.5. The first-order chi connectivity index (χ1) is 12.8. The SMILES string of the molecule is CCOC(=O)c1ncnc(N2CCc3ccc(OC(F)(F)F)cc3C2)c1C. The molecule has 6 nitrogen and oxygen atoms in total. The van der Waals surface area contributed by atoms with Crippen LogP contribution >= 0.6 is 0 Å². The maximum atomic E-state index is 12.5. The van der Waals surface area contributed by atoms with Crippen molar-refractivity contribution < 1.29 is 27.4 Å². The van der Waals surface area contributed by atoms with E-state index < -0.39 is 12.3 Å². The van der Waals surface area contributed by atoms with Crippen LogP contribution in [-0.4, -0.2) is 35.5 Å². The molecule has 0 bridgehead atoms. The van der Waals surface area contributed by atoms with Crippen molar-refractivity contribution in [1.82, 2.24) is 9.97 Å². The van der Waals surface area contributed by atoms with Gasteiger partial charge in [0.05, 0.1) is 6.61 Å². The molecule has 0 aliphatic carbocycles. The second-order valence-corrected chi connectivity index (χ2v) is 6.04. The van der Waals surface area contributed by atoms with Crippen molar-refractivity contribution >= 4 is 11.8 Å². The van der Waals surface area contributed by atoms with E-state index >= 15 is 0 Å². The van der Waals surface area contributed by atoms with Gasteiger partial charge in [-0.05, 0) is 43.5 Å². The first kappa shape index (κ1) is 18.9. The van der Waals surface area contributed by atoms with Gasteiger partial charge in [-0.25, -0.2) is 14.8 Å². The van der Waals surface area contributed by atoms with Gasteiger partial charge in [-0.15, -0.1) is 13.2 Å². The Hall–Kier alpha value is -2.84. The van der Waals surface area contributed by atoms with Crippen molar-refractivity contribution in [2.45, 2.75) is 33.2 Å². The van der Waals surface area contributed by atoms with Crippen LogP contribution in [0.2, 0.25) is 0 Å². The van der Waals surface area contributed by atoms with Crippen LogP contribution in [0.15, 0.2) is 24.5 Å². The van der Waals surface area contributed by atoms with Gasteiger partial charge in [0.15, 0.2) is 5.69 Å². The minimum Gasteiger partial charge on any atom is -0.461 e. The third-order valence-electron chi connectivity index (χ3n) is 4.25. The molecule has 0 radical (unpaired) electrons. The van der Waals surface area contributed by atoms with Gasteiger partial charge in [-0.2, -0.15) is 0 Å². The zero-order valence-corrected chi connectivity index (χ0v) is 14.8. The molecule has 144 valence electrons. The Balaban J connectivity index is 1.86. The summed E-state index contributed by atoms with van der Waals surface area (Å²) in [7, 11) is 0. The average molecular weight is 381 g/mol. The Bertz CT molecular complexity index is 855. The second kappa shape index (κ2) is 7.42. The highest BCUT2D eigenvalue weighted by atomic mass is 19.4. The number of benzene rings is 1. The minimum absolute atomic E-state index is 0.182. The van der Waals surface area contributed by atoms with E-state index in [9.17, 15) is 18.0 Å².